The molecule has 1 atom stereocenters. The molecule has 2 fully saturated rings. The number of carbonyl (C=O) groups excluding carboxylic acids is 1. The Morgan fingerprint density at radius 2 is 2.03 bits per heavy atom. The first-order valence-corrected chi connectivity index (χ1v) is 10.9. The zero-order chi connectivity index (χ0) is 20.3. The van der Waals surface area contributed by atoms with Crippen LogP contribution in [0, 0.1) is 5.92 Å². The van der Waals surface area contributed by atoms with Gasteiger partial charge in [-0.3, -0.25) is 14.9 Å². The van der Waals surface area contributed by atoms with E-state index in [1.54, 1.807) is 18.7 Å². The van der Waals surface area contributed by atoms with E-state index in [2.05, 4.69) is 35.4 Å². The minimum atomic E-state index is 0.00707. The van der Waals surface area contributed by atoms with E-state index >= 15 is 0 Å². The van der Waals surface area contributed by atoms with E-state index in [0.29, 0.717) is 17.5 Å². The molecule has 1 aliphatic heterocycles. The number of rotatable bonds is 5. The molecule has 1 aliphatic carbocycles. The topological polar surface area (TPSA) is 99.7 Å². The first kappa shape index (κ1) is 19.0. The third-order valence-electron chi connectivity index (χ3n) is 6.33. The molecule has 30 heavy (non-hydrogen) atoms. The summed E-state index contributed by atoms with van der Waals surface area (Å²) in [6, 6.07) is 2.32. The van der Waals surface area contributed by atoms with Gasteiger partial charge in [-0.25, -0.2) is 9.97 Å². The fourth-order valence-electron chi connectivity index (χ4n) is 4.77. The van der Waals surface area contributed by atoms with Crippen LogP contribution in [-0.4, -0.2) is 50.2 Å². The summed E-state index contributed by atoms with van der Waals surface area (Å²) in [5.41, 5.74) is 2.56. The highest BCUT2D eigenvalue weighted by Gasteiger charge is 2.26. The molecule has 8 heteroatoms. The molecule has 0 spiro atoms. The Morgan fingerprint density at radius 1 is 1.13 bits per heavy atom. The second kappa shape index (κ2) is 8.38. The average Bonchev–Trinajstić information content (AvgIpc) is 3.44. The summed E-state index contributed by atoms with van der Waals surface area (Å²) in [6.07, 6.45) is 14.8. The molecule has 1 amide bonds. The SMILES string of the molecule is O=C(NC1CCCCC1)c1cncc(CC2CCN(c3ncnc4[nH]ncc34)C2)c1. The summed E-state index contributed by atoms with van der Waals surface area (Å²) < 4.78 is 0. The Kier molecular flexibility index (Phi) is 5.29. The van der Waals surface area contributed by atoms with Crippen molar-refractivity contribution in [3.05, 3.63) is 42.1 Å². The van der Waals surface area contributed by atoms with Crippen molar-refractivity contribution in [3.63, 3.8) is 0 Å². The van der Waals surface area contributed by atoms with Gasteiger partial charge in [0.1, 0.15) is 12.1 Å². The minimum absolute atomic E-state index is 0.00707. The first-order chi connectivity index (χ1) is 14.8. The Morgan fingerprint density at radius 3 is 2.93 bits per heavy atom. The standard InChI is InChI=1S/C22H27N7O/c30-22(27-18-4-2-1-3-5-18)17-9-16(10-23-11-17)8-15-6-7-29(13-15)21-19-12-26-28-20(19)24-14-25-21/h9-12,14-15,18H,1-8,13H2,(H,27,30)(H,24,25,26,28). The highest BCUT2D eigenvalue weighted by atomic mass is 16.1. The minimum Gasteiger partial charge on any atom is -0.356 e. The van der Waals surface area contributed by atoms with Gasteiger partial charge in [-0.15, -0.1) is 0 Å². The van der Waals surface area contributed by atoms with Crippen molar-refractivity contribution in [2.75, 3.05) is 18.0 Å². The van der Waals surface area contributed by atoms with Crippen molar-refractivity contribution in [2.45, 2.75) is 51.0 Å². The highest BCUT2D eigenvalue weighted by molar-refractivity contribution is 5.94. The lowest BCUT2D eigenvalue weighted by Gasteiger charge is -2.22. The van der Waals surface area contributed by atoms with Crippen molar-refractivity contribution in [1.82, 2.24) is 30.5 Å². The van der Waals surface area contributed by atoms with E-state index in [1.807, 2.05) is 12.3 Å². The Hall–Kier alpha value is -3.03. The fraction of sp³-hybridized carbons (Fsp3) is 0.500. The second-order valence-electron chi connectivity index (χ2n) is 8.52. The Labute approximate surface area is 175 Å². The number of aromatic nitrogens is 5. The van der Waals surface area contributed by atoms with Gasteiger partial charge < -0.3 is 10.2 Å². The number of aromatic amines is 1. The molecule has 156 valence electrons. The Balaban J connectivity index is 1.23. The number of pyridine rings is 1. The van der Waals surface area contributed by atoms with Crippen molar-refractivity contribution in [3.8, 4) is 0 Å². The number of anilines is 1. The van der Waals surface area contributed by atoms with Crippen LogP contribution in [0.4, 0.5) is 5.82 Å². The molecule has 1 unspecified atom stereocenters. The third kappa shape index (κ3) is 3.99. The van der Waals surface area contributed by atoms with Gasteiger partial charge in [0, 0.05) is 31.5 Å². The molecular weight excluding hydrogens is 378 g/mol. The number of nitrogens with zero attached hydrogens (tertiary/aromatic N) is 5. The zero-order valence-corrected chi connectivity index (χ0v) is 17.0. The monoisotopic (exact) mass is 405 g/mol. The lowest BCUT2D eigenvalue weighted by molar-refractivity contribution is 0.0927. The predicted molar refractivity (Wildman–Crippen MR) is 114 cm³/mol. The van der Waals surface area contributed by atoms with Gasteiger partial charge in [-0.2, -0.15) is 5.10 Å². The maximum Gasteiger partial charge on any atom is 0.253 e. The summed E-state index contributed by atoms with van der Waals surface area (Å²) in [5.74, 6) is 1.45. The number of fused-ring (bicyclic) bond motifs is 1. The van der Waals surface area contributed by atoms with Gasteiger partial charge in [0.2, 0.25) is 0 Å². The van der Waals surface area contributed by atoms with E-state index in [9.17, 15) is 4.79 Å². The van der Waals surface area contributed by atoms with Crippen molar-refractivity contribution in [2.24, 2.45) is 5.92 Å². The number of H-pyrrole nitrogens is 1. The molecule has 1 saturated heterocycles. The summed E-state index contributed by atoms with van der Waals surface area (Å²) in [4.78, 5) is 28.0. The number of carbonyl (C=O) groups is 1. The molecule has 0 bridgehead atoms. The van der Waals surface area contributed by atoms with Crippen molar-refractivity contribution >= 4 is 22.8 Å². The lowest BCUT2D eigenvalue weighted by Crippen LogP contribution is -2.36. The number of hydrogen-bond acceptors (Lipinski definition) is 6. The van der Waals surface area contributed by atoms with Crippen LogP contribution in [0.3, 0.4) is 0 Å². The average molecular weight is 406 g/mol. The molecule has 4 heterocycles. The molecule has 8 nitrogen and oxygen atoms in total. The van der Waals surface area contributed by atoms with Crippen LogP contribution >= 0.6 is 0 Å². The maximum absolute atomic E-state index is 12.7. The molecule has 2 N–H and O–H groups in total. The molecule has 5 rings (SSSR count). The molecule has 3 aromatic heterocycles. The smallest absolute Gasteiger partial charge is 0.253 e. The van der Waals surface area contributed by atoms with Gasteiger partial charge in [0.15, 0.2) is 5.65 Å². The van der Waals surface area contributed by atoms with Crippen LogP contribution in [0.1, 0.15) is 54.4 Å². The molecule has 1 saturated carbocycles. The van der Waals surface area contributed by atoms with Crippen LogP contribution in [0.15, 0.2) is 31.0 Å². The van der Waals surface area contributed by atoms with E-state index in [1.165, 1.54) is 19.3 Å². The summed E-state index contributed by atoms with van der Waals surface area (Å²) >= 11 is 0. The van der Waals surface area contributed by atoms with Crippen LogP contribution in [0.2, 0.25) is 0 Å². The molecule has 0 radical (unpaired) electrons. The number of amides is 1. The lowest BCUT2D eigenvalue weighted by atomic mass is 9.95. The predicted octanol–water partition coefficient (Wildman–Crippen LogP) is 2.88. The van der Waals surface area contributed by atoms with Gasteiger partial charge in [0.05, 0.1) is 17.1 Å². The first-order valence-electron chi connectivity index (χ1n) is 10.9. The summed E-state index contributed by atoms with van der Waals surface area (Å²) in [6.45, 7) is 1.88. The van der Waals surface area contributed by atoms with Gasteiger partial charge in [-0.05, 0) is 43.2 Å². The van der Waals surface area contributed by atoms with Gasteiger partial charge >= 0.3 is 0 Å². The van der Waals surface area contributed by atoms with Gasteiger partial charge in [-0.1, -0.05) is 19.3 Å². The largest absolute Gasteiger partial charge is 0.356 e. The maximum atomic E-state index is 12.7. The van der Waals surface area contributed by atoms with Crippen LogP contribution in [0.25, 0.3) is 11.0 Å². The number of hydrogen-bond donors (Lipinski definition) is 2. The number of nitrogens with one attached hydrogen (secondary N) is 2. The van der Waals surface area contributed by atoms with Crippen molar-refractivity contribution in [1.29, 1.82) is 0 Å². The molecule has 3 aromatic rings. The Bertz CT molecular complexity index is 1030. The quantitative estimate of drug-likeness (QED) is 0.677. The summed E-state index contributed by atoms with van der Waals surface area (Å²) in [5, 5.41) is 11.1. The molecule has 2 aliphatic rings. The summed E-state index contributed by atoms with van der Waals surface area (Å²) in [7, 11) is 0. The van der Waals surface area contributed by atoms with Crippen LogP contribution in [0.5, 0.6) is 0 Å². The van der Waals surface area contributed by atoms with E-state index in [-0.39, 0.29) is 5.91 Å². The highest BCUT2D eigenvalue weighted by Crippen LogP contribution is 2.28. The van der Waals surface area contributed by atoms with E-state index in [0.717, 1.165) is 61.2 Å². The molecular formula is C22H27N7O. The van der Waals surface area contributed by atoms with Crippen molar-refractivity contribution < 1.29 is 4.79 Å². The second-order valence-corrected chi connectivity index (χ2v) is 8.52. The zero-order valence-electron chi connectivity index (χ0n) is 17.0. The van der Waals surface area contributed by atoms with E-state index < -0.39 is 0 Å². The van der Waals surface area contributed by atoms with Crippen LogP contribution < -0.4 is 10.2 Å². The normalized spacial score (nSPS) is 20.0. The fourth-order valence-corrected chi connectivity index (χ4v) is 4.77. The van der Waals surface area contributed by atoms with E-state index in [4.69, 9.17) is 0 Å². The van der Waals surface area contributed by atoms with Gasteiger partial charge in [0.25, 0.3) is 5.91 Å². The molecule has 0 aromatic carbocycles. The van der Waals surface area contributed by atoms with Crippen LogP contribution in [-0.2, 0) is 6.42 Å². The third-order valence-corrected chi connectivity index (χ3v) is 6.33.